The van der Waals surface area contributed by atoms with Crippen LogP contribution in [0.1, 0.15) is 52.0 Å². The van der Waals surface area contributed by atoms with E-state index in [1.165, 1.54) is 12.1 Å². The minimum absolute atomic E-state index is 0.0575. The summed E-state index contributed by atoms with van der Waals surface area (Å²) in [7, 11) is 0. The zero-order valence-corrected chi connectivity index (χ0v) is 22.0. The van der Waals surface area contributed by atoms with E-state index in [9.17, 15) is 18.0 Å². The minimum Gasteiger partial charge on any atom is -0.444 e. The zero-order valence-electron chi connectivity index (χ0n) is 20.4. The van der Waals surface area contributed by atoms with Crippen LogP contribution in [-0.4, -0.2) is 40.6 Å². The molecule has 12 heteroatoms. The van der Waals surface area contributed by atoms with Gasteiger partial charge < -0.3 is 25.4 Å². The van der Waals surface area contributed by atoms with Crippen molar-refractivity contribution >= 4 is 33.8 Å². The molecular weight excluding hydrogens is 543 g/mol. The van der Waals surface area contributed by atoms with Gasteiger partial charge in [0.1, 0.15) is 17.2 Å². The Bertz CT molecular complexity index is 1020. The average Bonchev–Trinajstić information content (AvgIpc) is 2.77. The normalized spacial score (nSPS) is 18.3. The van der Waals surface area contributed by atoms with E-state index in [-0.39, 0.29) is 30.4 Å². The predicted octanol–water partition coefficient (Wildman–Crippen LogP) is 6.25. The van der Waals surface area contributed by atoms with Gasteiger partial charge in [-0.25, -0.2) is 9.78 Å². The van der Waals surface area contributed by atoms with Crippen molar-refractivity contribution in [2.24, 2.45) is 5.92 Å². The van der Waals surface area contributed by atoms with E-state index < -0.39 is 12.0 Å². The standard InChI is InChI=1S/C24H31BrF3N5O3/c1-23(2,3)36-22(34)32-17-10-8-15(9-11-17)12-29-20-18(25)14-31-21(33-20)30-13-16-6-4-5-7-19(16)35-24(26,27)28/h4-7,14-15,17H,8-13H2,1-3H3,(H,32,34)(H2,29,30,31,33). The molecule has 0 saturated heterocycles. The van der Waals surface area contributed by atoms with E-state index >= 15 is 0 Å². The van der Waals surface area contributed by atoms with Gasteiger partial charge in [-0.2, -0.15) is 4.98 Å². The molecule has 1 aromatic carbocycles. The van der Waals surface area contributed by atoms with Gasteiger partial charge in [0.2, 0.25) is 5.95 Å². The van der Waals surface area contributed by atoms with Crippen LogP contribution in [-0.2, 0) is 11.3 Å². The van der Waals surface area contributed by atoms with E-state index in [0.29, 0.717) is 28.3 Å². The summed E-state index contributed by atoms with van der Waals surface area (Å²) in [5.74, 6) is 0.991. The maximum absolute atomic E-state index is 12.7. The highest BCUT2D eigenvalue weighted by Crippen LogP contribution is 2.28. The molecule has 0 aliphatic heterocycles. The Hall–Kier alpha value is -2.76. The summed E-state index contributed by atoms with van der Waals surface area (Å²) in [6, 6.07) is 6.01. The summed E-state index contributed by atoms with van der Waals surface area (Å²) in [5, 5.41) is 9.22. The second kappa shape index (κ2) is 12.0. The van der Waals surface area contributed by atoms with Crippen molar-refractivity contribution in [3.63, 3.8) is 0 Å². The summed E-state index contributed by atoms with van der Waals surface area (Å²) < 4.78 is 48.0. The molecule has 1 saturated carbocycles. The number of anilines is 2. The van der Waals surface area contributed by atoms with Gasteiger partial charge in [-0.1, -0.05) is 18.2 Å². The van der Waals surface area contributed by atoms with Gasteiger partial charge >= 0.3 is 12.5 Å². The van der Waals surface area contributed by atoms with E-state index in [1.54, 1.807) is 18.3 Å². The van der Waals surface area contributed by atoms with Crippen LogP contribution in [0.2, 0.25) is 0 Å². The molecule has 0 bridgehead atoms. The Morgan fingerprint density at radius 2 is 1.81 bits per heavy atom. The topological polar surface area (TPSA) is 97.4 Å². The zero-order chi connectivity index (χ0) is 26.3. The summed E-state index contributed by atoms with van der Waals surface area (Å²) in [6.45, 7) is 6.26. The first-order valence-corrected chi connectivity index (χ1v) is 12.5. The predicted molar refractivity (Wildman–Crippen MR) is 134 cm³/mol. The average molecular weight is 574 g/mol. The summed E-state index contributed by atoms with van der Waals surface area (Å²) in [5.41, 5.74) is -0.197. The van der Waals surface area contributed by atoms with Crippen LogP contribution in [0, 0.1) is 5.92 Å². The lowest BCUT2D eigenvalue weighted by Gasteiger charge is -2.30. The Balaban J connectivity index is 1.49. The molecule has 2 aromatic rings. The van der Waals surface area contributed by atoms with Crippen molar-refractivity contribution in [3.8, 4) is 5.75 Å². The maximum Gasteiger partial charge on any atom is 0.573 e. The molecule has 0 atom stereocenters. The van der Waals surface area contributed by atoms with Crippen LogP contribution in [0.5, 0.6) is 5.75 Å². The molecule has 3 rings (SSSR count). The van der Waals surface area contributed by atoms with Crippen molar-refractivity contribution in [1.82, 2.24) is 15.3 Å². The van der Waals surface area contributed by atoms with E-state index in [2.05, 4.69) is 46.6 Å². The fraction of sp³-hybridized carbons (Fsp3) is 0.542. The summed E-state index contributed by atoms with van der Waals surface area (Å²) in [4.78, 5) is 20.6. The van der Waals surface area contributed by atoms with Crippen LogP contribution in [0.3, 0.4) is 0 Å². The first-order chi connectivity index (χ1) is 16.9. The number of rotatable bonds is 8. The van der Waals surface area contributed by atoms with E-state index in [1.807, 2.05) is 20.8 Å². The van der Waals surface area contributed by atoms with Crippen molar-refractivity contribution < 1.29 is 27.4 Å². The Morgan fingerprint density at radius 3 is 2.47 bits per heavy atom. The molecule has 0 unspecified atom stereocenters. The van der Waals surface area contributed by atoms with Gasteiger partial charge in [0.25, 0.3) is 0 Å². The van der Waals surface area contributed by atoms with Crippen LogP contribution in [0.4, 0.5) is 29.7 Å². The molecule has 0 radical (unpaired) electrons. The third-order valence-corrected chi connectivity index (χ3v) is 6.09. The SMILES string of the molecule is CC(C)(C)OC(=O)NC1CCC(CNc2nc(NCc3ccccc3OC(F)(F)F)ncc2Br)CC1. The molecule has 3 N–H and O–H groups in total. The molecule has 8 nitrogen and oxygen atoms in total. The Kier molecular flexibility index (Phi) is 9.26. The number of hydrogen-bond donors (Lipinski definition) is 3. The van der Waals surface area contributed by atoms with Gasteiger partial charge in [0.05, 0.1) is 4.47 Å². The minimum atomic E-state index is -4.77. The fourth-order valence-electron chi connectivity index (χ4n) is 3.85. The second-order valence-corrected chi connectivity index (χ2v) is 10.5. The van der Waals surface area contributed by atoms with Crippen molar-refractivity contribution in [2.75, 3.05) is 17.2 Å². The number of ether oxygens (including phenoxy) is 2. The number of amides is 1. The fourth-order valence-corrected chi connectivity index (χ4v) is 4.18. The first kappa shape index (κ1) is 27.8. The van der Waals surface area contributed by atoms with Crippen molar-refractivity contribution in [3.05, 3.63) is 40.5 Å². The van der Waals surface area contributed by atoms with Crippen LogP contribution < -0.4 is 20.7 Å². The molecule has 1 amide bonds. The lowest BCUT2D eigenvalue weighted by Crippen LogP contribution is -2.41. The number of alkyl carbamates (subject to hydrolysis) is 1. The van der Waals surface area contributed by atoms with Gasteiger partial charge in [0, 0.05) is 30.9 Å². The highest BCUT2D eigenvalue weighted by Gasteiger charge is 2.32. The first-order valence-electron chi connectivity index (χ1n) is 11.7. The van der Waals surface area contributed by atoms with Gasteiger partial charge in [-0.3, -0.25) is 0 Å². The van der Waals surface area contributed by atoms with Crippen LogP contribution in [0.15, 0.2) is 34.9 Å². The Morgan fingerprint density at radius 1 is 1.11 bits per heavy atom. The largest absolute Gasteiger partial charge is 0.573 e. The number of halogens is 4. The monoisotopic (exact) mass is 573 g/mol. The molecule has 198 valence electrons. The molecule has 1 aliphatic rings. The Labute approximate surface area is 216 Å². The van der Waals surface area contributed by atoms with Gasteiger partial charge in [0.15, 0.2) is 0 Å². The summed E-state index contributed by atoms with van der Waals surface area (Å²) in [6.07, 6.45) is 0.0329. The highest BCUT2D eigenvalue weighted by molar-refractivity contribution is 9.10. The van der Waals surface area contributed by atoms with Crippen LogP contribution in [0.25, 0.3) is 0 Å². The molecular formula is C24H31BrF3N5O3. The van der Waals surface area contributed by atoms with E-state index in [4.69, 9.17) is 4.74 Å². The number of carbonyl (C=O) groups is 1. The third-order valence-electron chi connectivity index (χ3n) is 5.51. The lowest BCUT2D eigenvalue weighted by atomic mass is 9.86. The van der Waals surface area contributed by atoms with Crippen molar-refractivity contribution in [1.29, 1.82) is 0 Å². The highest BCUT2D eigenvalue weighted by atomic mass is 79.9. The number of aromatic nitrogens is 2. The number of benzene rings is 1. The second-order valence-electron chi connectivity index (χ2n) is 9.64. The number of carbonyl (C=O) groups excluding carboxylic acids is 1. The van der Waals surface area contributed by atoms with Gasteiger partial charge in [-0.05, 0) is 74.4 Å². The van der Waals surface area contributed by atoms with Gasteiger partial charge in [-0.15, -0.1) is 13.2 Å². The molecule has 36 heavy (non-hydrogen) atoms. The summed E-state index contributed by atoms with van der Waals surface area (Å²) >= 11 is 3.43. The molecule has 1 aliphatic carbocycles. The molecule has 1 fully saturated rings. The van der Waals surface area contributed by atoms with Crippen molar-refractivity contribution in [2.45, 2.75) is 71.0 Å². The number of alkyl halides is 3. The number of para-hydroxylation sites is 1. The molecule has 1 heterocycles. The molecule has 0 spiro atoms. The smallest absolute Gasteiger partial charge is 0.444 e. The number of nitrogens with zero attached hydrogens (tertiary/aromatic N) is 2. The lowest BCUT2D eigenvalue weighted by molar-refractivity contribution is -0.274. The number of hydrogen-bond acceptors (Lipinski definition) is 7. The molecule has 1 aromatic heterocycles. The third kappa shape index (κ3) is 9.36. The maximum atomic E-state index is 12.7. The number of nitrogens with one attached hydrogen (secondary N) is 3. The van der Waals surface area contributed by atoms with E-state index in [0.717, 1.165) is 25.7 Å². The quantitative estimate of drug-likeness (QED) is 0.343. The van der Waals surface area contributed by atoms with Crippen LogP contribution >= 0.6 is 15.9 Å².